The highest BCUT2D eigenvalue weighted by molar-refractivity contribution is 6.03. The van der Waals surface area contributed by atoms with Crippen molar-refractivity contribution in [2.75, 3.05) is 46.2 Å². The number of aliphatic hydroxyl groups is 3. The second-order valence-electron chi connectivity index (χ2n) is 18.1. The summed E-state index contributed by atoms with van der Waals surface area (Å²) in [6.07, 6.45) is 8.66. The van der Waals surface area contributed by atoms with Gasteiger partial charge in [0, 0.05) is 43.2 Å². The van der Waals surface area contributed by atoms with E-state index in [-0.39, 0.29) is 76.3 Å². The van der Waals surface area contributed by atoms with Gasteiger partial charge in [-0.25, -0.2) is 0 Å². The second kappa shape index (κ2) is 21.6. The average molecular weight is 886 g/mol. The summed E-state index contributed by atoms with van der Waals surface area (Å²) in [6.45, 7) is 10.3. The first-order chi connectivity index (χ1) is 31.5. The van der Waals surface area contributed by atoms with Gasteiger partial charge in [-0.3, -0.25) is 4.79 Å². The van der Waals surface area contributed by atoms with Crippen molar-refractivity contribution in [2.24, 2.45) is 22.9 Å². The van der Waals surface area contributed by atoms with Gasteiger partial charge in [-0.1, -0.05) is 60.5 Å². The third-order valence-electron chi connectivity index (χ3n) is 12.6. The van der Waals surface area contributed by atoms with E-state index in [2.05, 4.69) is 36.9 Å². The number of ether oxygens (including phenoxy) is 4. The maximum atomic E-state index is 15.1. The fourth-order valence-electron chi connectivity index (χ4n) is 9.85. The Bertz CT molecular complexity index is 2370. The van der Waals surface area contributed by atoms with Crippen LogP contribution in [0, 0.1) is 29.1 Å². The molecule has 1 amide bonds. The number of carbonyl (C=O) groups excluding carboxylic acids is 1. The normalized spacial score (nSPS) is 22.8. The highest BCUT2D eigenvalue weighted by atomic mass is 16.7. The first kappa shape index (κ1) is 47.4. The number of amides is 1. The highest BCUT2D eigenvalue weighted by Crippen LogP contribution is 2.62. The van der Waals surface area contributed by atoms with Crippen molar-refractivity contribution in [3.05, 3.63) is 126 Å². The van der Waals surface area contributed by atoms with E-state index >= 15 is 4.79 Å². The standard InChI is InChI=1S/C53H63N3O9/c1-5-28-62-53-48(56(24-29-61-30-27-59)51(60)38-18-16-36(35-54)17-19-38)34-46(55-65-52(2,3)4)44-32-40(14-8-10-25-57)43(15-9-11-26-58)49(50(44)53)45-33-42(22-23-47(45)64-53)63-41-21-20-37-12-6-7-13-39(37)31-41/h5-7,12-13,16-23,31-33,40,43,48-50,57-59H,1,8-11,14-15,24-30,34H2,2-4H3/t40-,43+,48-,49+,50+,53+/m0/s1. The van der Waals surface area contributed by atoms with Gasteiger partial charge in [0.1, 0.15) is 28.9 Å². The molecule has 12 nitrogen and oxygen atoms in total. The largest absolute Gasteiger partial charge is 0.459 e. The van der Waals surface area contributed by atoms with Crippen molar-refractivity contribution in [3.63, 3.8) is 0 Å². The molecule has 1 aliphatic heterocycles. The lowest BCUT2D eigenvalue weighted by Gasteiger charge is -2.60. The topological polar surface area (TPSA) is 163 Å². The summed E-state index contributed by atoms with van der Waals surface area (Å²) >= 11 is 0. The number of allylic oxidation sites excluding steroid dienone is 1. The van der Waals surface area contributed by atoms with Crippen LogP contribution in [0.2, 0.25) is 0 Å². The smallest absolute Gasteiger partial charge is 0.254 e. The number of aliphatic hydroxyl groups excluding tert-OH is 3. The molecular formula is C53H63N3O9. The molecular weight excluding hydrogens is 823 g/mol. The zero-order valence-corrected chi connectivity index (χ0v) is 37.9. The molecule has 3 aliphatic rings. The predicted molar refractivity (Wildman–Crippen MR) is 250 cm³/mol. The van der Waals surface area contributed by atoms with Gasteiger partial charge >= 0.3 is 0 Å². The molecule has 7 rings (SSSR count). The van der Waals surface area contributed by atoms with Crippen LogP contribution in [-0.2, 0) is 14.3 Å². The molecule has 0 unspecified atom stereocenters. The van der Waals surface area contributed by atoms with E-state index in [0.29, 0.717) is 46.9 Å². The number of hydrogen-bond donors (Lipinski definition) is 3. The maximum absolute atomic E-state index is 15.1. The molecule has 0 aromatic heterocycles. The van der Waals surface area contributed by atoms with Crippen molar-refractivity contribution >= 4 is 22.4 Å². The summed E-state index contributed by atoms with van der Waals surface area (Å²) in [4.78, 5) is 23.1. The summed E-state index contributed by atoms with van der Waals surface area (Å²) in [6, 6.07) is 28.0. The number of nitriles is 1. The Morgan fingerprint density at radius 1 is 0.923 bits per heavy atom. The van der Waals surface area contributed by atoms with Crippen LogP contribution in [0.1, 0.15) is 93.1 Å². The number of nitrogens with zero attached hydrogens (tertiary/aromatic N) is 3. The van der Waals surface area contributed by atoms with Gasteiger partial charge in [0.2, 0.25) is 5.79 Å². The van der Waals surface area contributed by atoms with Crippen LogP contribution in [0.4, 0.5) is 0 Å². The van der Waals surface area contributed by atoms with E-state index in [1.165, 1.54) is 0 Å². The van der Waals surface area contributed by atoms with Crippen LogP contribution in [0.25, 0.3) is 10.8 Å². The Morgan fingerprint density at radius 2 is 1.65 bits per heavy atom. The van der Waals surface area contributed by atoms with E-state index in [9.17, 15) is 20.6 Å². The Balaban J connectivity index is 1.45. The first-order valence-electron chi connectivity index (χ1n) is 23.0. The number of hydrogen-bond acceptors (Lipinski definition) is 11. The van der Waals surface area contributed by atoms with E-state index < -0.39 is 23.3 Å². The number of fused-ring (bicyclic) bond motifs is 3. The molecule has 0 saturated heterocycles. The summed E-state index contributed by atoms with van der Waals surface area (Å²) in [5.74, 6) is -0.619. The molecule has 6 atom stereocenters. The lowest BCUT2D eigenvalue weighted by Crippen LogP contribution is -2.70. The van der Waals surface area contributed by atoms with Crippen LogP contribution >= 0.6 is 0 Å². The zero-order chi connectivity index (χ0) is 46.0. The average Bonchev–Trinajstić information content (AvgIpc) is 3.31. The van der Waals surface area contributed by atoms with Gasteiger partial charge in [-0.15, -0.1) is 6.58 Å². The third-order valence-corrected chi connectivity index (χ3v) is 12.6. The van der Waals surface area contributed by atoms with Gasteiger partial charge in [-0.05, 0) is 129 Å². The quantitative estimate of drug-likeness (QED) is 0.0418. The van der Waals surface area contributed by atoms with Gasteiger partial charge in [0.15, 0.2) is 0 Å². The Kier molecular flexibility index (Phi) is 15.8. The van der Waals surface area contributed by atoms with Crippen LogP contribution in [0.5, 0.6) is 17.2 Å². The van der Waals surface area contributed by atoms with Crippen molar-refractivity contribution < 1.29 is 43.9 Å². The minimum absolute atomic E-state index is 0.0124. The van der Waals surface area contributed by atoms with Crippen LogP contribution in [0.3, 0.4) is 0 Å². The van der Waals surface area contributed by atoms with Crippen molar-refractivity contribution in [2.45, 2.75) is 89.1 Å². The lowest BCUT2D eigenvalue weighted by atomic mass is 9.55. The summed E-state index contributed by atoms with van der Waals surface area (Å²) < 4.78 is 27.0. The molecule has 344 valence electrons. The number of rotatable bonds is 21. The fraction of sp³-hybridized carbons (Fsp3) is 0.453. The van der Waals surface area contributed by atoms with Crippen molar-refractivity contribution in [1.82, 2.24) is 4.90 Å². The van der Waals surface area contributed by atoms with E-state index in [1.54, 1.807) is 35.2 Å². The molecule has 1 saturated carbocycles. The predicted octanol–water partition coefficient (Wildman–Crippen LogP) is 9.09. The lowest BCUT2D eigenvalue weighted by molar-refractivity contribution is -0.254. The summed E-state index contributed by atoms with van der Waals surface area (Å²) in [5.41, 5.74) is 2.68. The number of unbranched alkanes of at least 4 members (excludes halogenated alkanes) is 2. The molecule has 4 aromatic rings. The molecule has 2 aliphatic carbocycles. The monoisotopic (exact) mass is 885 g/mol. The molecule has 1 heterocycles. The zero-order valence-electron chi connectivity index (χ0n) is 37.9. The minimum atomic E-state index is -1.50. The third kappa shape index (κ3) is 10.8. The van der Waals surface area contributed by atoms with Gasteiger partial charge in [0.25, 0.3) is 5.91 Å². The molecule has 0 spiro atoms. The SMILES string of the molecule is C=CCO[C@@]12Oc3ccc(Oc4ccc5ccccc5c4)cc3[C@H]3[C@H](CCCCO)[C@@H](CCCCO)C=C(C(=NOC(C)(C)C)C[C@@H]1N(CCOCCO)C(=O)c1ccc(C#N)cc1)[C@H]32. The molecule has 0 bridgehead atoms. The summed E-state index contributed by atoms with van der Waals surface area (Å²) in [7, 11) is 0. The first-order valence-corrected chi connectivity index (χ1v) is 23.0. The molecule has 65 heavy (non-hydrogen) atoms. The van der Waals surface area contributed by atoms with E-state index in [0.717, 1.165) is 47.6 Å². The molecule has 0 radical (unpaired) electrons. The maximum Gasteiger partial charge on any atom is 0.254 e. The van der Waals surface area contributed by atoms with Crippen LogP contribution in [0.15, 0.2) is 114 Å². The highest BCUT2D eigenvalue weighted by Gasteiger charge is 2.65. The van der Waals surface area contributed by atoms with E-state index in [1.807, 2.05) is 63.2 Å². The Morgan fingerprint density at radius 3 is 2.35 bits per heavy atom. The van der Waals surface area contributed by atoms with Gasteiger partial charge in [-0.2, -0.15) is 5.26 Å². The Labute approximate surface area is 382 Å². The van der Waals surface area contributed by atoms with Gasteiger partial charge in [0.05, 0.1) is 49.7 Å². The molecule has 3 N–H and O–H groups in total. The van der Waals surface area contributed by atoms with Crippen molar-refractivity contribution in [1.29, 1.82) is 5.26 Å². The van der Waals surface area contributed by atoms with Crippen molar-refractivity contribution in [3.8, 4) is 23.3 Å². The van der Waals surface area contributed by atoms with Gasteiger partial charge < -0.3 is 44.0 Å². The van der Waals surface area contributed by atoms with E-state index in [4.69, 9.17) is 28.9 Å². The molecule has 4 aromatic carbocycles. The molecule has 1 fully saturated rings. The number of carbonyl (C=O) groups is 1. The van der Waals surface area contributed by atoms with Crippen LogP contribution < -0.4 is 9.47 Å². The Hall–Kier alpha value is -5.55. The molecule has 12 heteroatoms. The number of oxime groups is 1. The van der Waals surface area contributed by atoms with Crippen LogP contribution in [-0.4, -0.2) is 95.5 Å². The number of benzene rings is 4. The second-order valence-corrected chi connectivity index (χ2v) is 18.1. The minimum Gasteiger partial charge on any atom is -0.459 e. The summed E-state index contributed by atoms with van der Waals surface area (Å²) in [5, 5.41) is 46.3. The fourth-order valence-corrected chi connectivity index (χ4v) is 9.85.